The summed E-state index contributed by atoms with van der Waals surface area (Å²) in [7, 11) is -1.93. The second-order valence-corrected chi connectivity index (χ2v) is 15.8. The van der Waals surface area contributed by atoms with Gasteiger partial charge in [-0.15, -0.1) is 0 Å². The number of carbonyl (C=O) groups is 1. The molecule has 0 aliphatic rings. The molecule has 42 heavy (non-hydrogen) atoms. The Kier molecular flexibility index (Phi) is 8.76. The number of nitrogens with zero attached hydrogens (tertiary/aromatic N) is 2. The summed E-state index contributed by atoms with van der Waals surface area (Å²) in [5, 5.41) is 8.28. The van der Waals surface area contributed by atoms with Crippen LogP contribution in [0.1, 0.15) is 26.3 Å². The van der Waals surface area contributed by atoms with Gasteiger partial charge in [-0.2, -0.15) is 13.2 Å². The number of urea groups is 1. The molecule has 0 unspecified atom stereocenters. The van der Waals surface area contributed by atoms with Crippen LogP contribution in [0.5, 0.6) is 17.4 Å². The lowest BCUT2D eigenvalue weighted by molar-refractivity contribution is -0.137. The molecule has 1 heterocycles. The summed E-state index contributed by atoms with van der Waals surface area (Å²) >= 11 is 0. The molecule has 0 spiro atoms. The van der Waals surface area contributed by atoms with Crippen molar-refractivity contribution in [2.24, 2.45) is 0 Å². The number of rotatable bonds is 8. The molecule has 2 amide bonds. The van der Waals surface area contributed by atoms with Gasteiger partial charge in [0.15, 0.2) is 0 Å². The minimum absolute atomic E-state index is 0.0193. The summed E-state index contributed by atoms with van der Waals surface area (Å²) in [6, 6.07) is 19.5. The van der Waals surface area contributed by atoms with Crippen LogP contribution < -0.4 is 25.1 Å². The number of hydrogen-bond donors (Lipinski definition) is 3. The van der Waals surface area contributed by atoms with E-state index < -0.39 is 26.1 Å². The maximum absolute atomic E-state index is 12.9. The number of anilines is 4. The third-order valence-electron chi connectivity index (χ3n) is 6.73. The van der Waals surface area contributed by atoms with Crippen LogP contribution in [0, 0.1) is 0 Å². The molecule has 0 aliphatic heterocycles. The van der Waals surface area contributed by atoms with Crippen LogP contribution in [0.4, 0.5) is 40.8 Å². The van der Waals surface area contributed by atoms with E-state index >= 15 is 0 Å². The molecular weight excluding hydrogens is 563 g/mol. The zero-order valence-electron chi connectivity index (χ0n) is 23.8. The number of ether oxygens (including phenoxy) is 1. The van der Waals surface area contributed by atoms with Crippen molar-refractivity contribution < 1.29 is 27.1 Å². The molecule has 8 nitrogen and oxygen atoms in total. The lowest BCUT2D eigenvalue weighted by atomic mass is 10.2. The summed E-state index contributed by atoms with van der Waals surface area (Å²) in [5.74, 6) is 2.11. The van der Waals surface area contributed by atoms with E-state index in [-0.39, 0.29) is 10.7 Å². The highest BCUT2D eigenvalue weighted by Gasteiger charge is 2.39. The zero-order chi connectivity index (χ0) is 30.5. The number of carbonyl (C=O) groups excluding carboxylic acids is 1. The lowest BCUT2D eigenvalue weighted by Crippen LogP contribution is -2.43. The zero-order valence-corrected chi connectivity index (χ0v) is 24.8. The molecule has 3 N–H and O–H groups in total. The van der Waals surface area contributed by atoms with Crippen LogP contribution in [-0.2, 0) is 6.18 Å². The van der Waals surface area contributed by atoms with E-state index in [1.165, 1.54) is 18.5 Å². The van der Waals surface area contributed by atoms with Gasteiger partial charge in [0.1, 0.15) is 23.6 Å². The molecule has 0 radical (unpaired) electrons. The van der Waals surface area contributed by atoms with Crippen molar-refractivity contribution in [2.45, 2.75) is 45.1 Å². The van der Waals surface area contributed by atoms with Crippen LogP contribution in [0.15, 0.2) is 85.2 Å². The molecule has 0 saturated heterocycles. The fourth-order valence-corrected chi connectivity index (χ4v) is 4.49. The first-order chi connectivity index (χ1) is 19.7. The number of halogens is 3. The van der Waals surface area contributed by atoms with Gasteiger partial charge in [0.25, 0.3) is 0 Å². The quantitative estimate of drug-likeness (QED) is 0.176. The summed E-state index contributed by atoms with van der Waals surface area (Å²) in [6.45, 7) is 11.0. The minimum atomic E-state index is -4.50. The normalized spacial score (nSPS) is 11.9. The van der Waals surface area contributed by atoms with Gasteiger partial charge in [-0.25, -0.2) is 14.8 Å². The highest BCUT2D eigenvalue weighted by atomic mass is 28.4. The first kappa shape index (κ1) is 30.4. The topological polar surface area (TPSA) is 97.4 Å². The first-order valence-corrected chi connectivity index (χ1v) is 16.0. The van der Waals surface area contributed by atoms with Gasteiger partial charge >= 0.3 is 12.2 Å². The predicted octanol–water partition coefficient (Wildman–Crippen LogP) is 9.06. The van der Waals surface area contributed by atoms with E-state index in [0.29, 0.717) is 23.1 Å². The SMILES string of the molecule is CC(C)(C)[Si](C)(C)Oc1ccc(Nc2cc(Oc3ccc(NC(=O)Nc4cccc(C(F)(F)F)c4)cc3)ncn2)cc1. The number of nitrogens with one attached hydrogen (secondary N) is 3. The average molecular weight is 596 g/mol. The first-order valence-electron chi connectivity index (χ1n) is 13.1. The average Bonchev–Trinajstić information content (AvgIpc) is 2.90. The van der Waals surface area contributed by atoms with Gasteiger partial charge in [0.05, 0.1) is 5.56 Å². The van der Waals surface area contributed by atoms with Gasteiger partial charge in [0, 0.05) is 23.1 Å². The third kappa shape index (κ3) is 8.23. The lowest BCUT2D eigenvalue weighted by Gasteiger charge is -2.36. The molecule has 0 saturated carbocycles. The van der Waals surface area contributed by atoms with Gasteiger partial charge < -0.3 is 25.1 Å². The highest BCUT2D eigenvalue weighted by molar-refractivity contribution is 6.74. The predicted molar refractivity (Wildman–Crippen MR) is 160 cm³/mol. The van der Waals surface area contributed by atoms with E-state index in [1.807, 2.05) is 24.3 Å². The second kappa shape index (κ2) is 12.1. The Hall–Kier alpha value is -4.58. The highest BCUT2D eigenvalue weighted by Crippen LogP contribution is 2.37. The van der Waals surface area contributed by atoms with Gasteiger partial charge in [-0.05, 0) is 84.9 Å². The fourth-order valence-electron chi connectivity index (χ4n) is 3.46. The number of alkyl halides is 3. The molecule has 0 aliphatic carbocycles. The summed E-state index contributed by atoms with van der Waals surface area (Å²) < 4.78 is 50.9. The molecule has 1 aromatic heterocycles. The smallest absolute Gasteiger partial charge is 0.416 e. The summed E-state index contributed by atoms with van der Waals surface area (Å²) in [6.07, 6.45) is -3.13. The molecule has 0 bridgehead atoms. The maximum atomic E-state index is 12.9. The maximum Gasteiger partial charge on any atom is 0.416 e. The molecule has 4 rings (SSSR count). The Bertz CT molecular complexity index is 1520. The van der Waals surface area contributed by atoms with E-state index in [0.717, 1.165) is 23.6 Å². The van der Waals surface area contributed by atoms with E-state index in [1.54, 1.807) is 30.3 Å². The van der Waals surface area contributed by atoms with E-state index in [2.05, 4.69) is 59.8 Å². The molecule has 0 atom stereocenters. The van der Waals surface area contributed by atoms with Crippen molar-refractivity contribution in [1.82, 2.24) is 9.97 Å². The van der Waals surface area contributed by atoms with E-state index in [9.17, 15) is 18.0 Å². The Morgan fingerprint density at radius 3 is 2.05 bits per heavy atom. The number of benzene rings is 3. The van der Waals surface area contributed by atoms with Crippen molar-refractivity contribution in [3.63, 3.8) is 0 Å². The number of amides is 2. The Labute approximate surface area is 243 Å². The molecule has 4 aromatic rings. The van der Waals surface area contributed by atoms with Crippen LogP contribution >= 0.6 is 0 Å². The van der Waals surface area contributed by atoms with Crippen molar-refractivity contribution >= 4 is 37.2 Å². The molecule has 3 aromatic carbocycles. The molecular formula is C30H32F3N5O3Si. The van der Waals surface area contributed by atoms with Crippen molar-refractivity contribution in [3.05, 3.63) is 90.8 Å². The van der Waals surface area contributed by atoms with Crippen molar-refractivity contribution in [2.75, 3.05) is 16.0 Å². The summed E-state index contributed by atoms with van der Waals surface area (Å²) in [4.78, 5) is 20.7. The van der Waals surface area contributed by atoms with Crippen LogP contribution in [-0.4, -0.2) is 24.3 Å². The standard InChI is InChI=1S/C30H32F3N5O3Si/c1-29(2,3)42(4,5)41-25-15-11-21(12-16-25)36-26-18-27(35-19-34-26)40-24-13-9-22(10-14-24)37-28(39)38-23-8-6-7-20(17-23)30(31,32)33/h6-19H,1-5H3,(H,34,35,36)(H2,37,38,39). The monoisotopic (exact) mass is 595 g/mol. The number of hydrogen-bond acceptors (Lipinski definition) is 6. The van der Waals surface area contributed by atoms with Gasteiger partial charge in [-0.3, -0.25) is 0 Å². The minimum Gasteiger partial charge on any atom is -0.544 e. The summed E-state index contributed by atoms with van der Waals surface area (Å²) in [5.41, 5.74) is 0.402. The molecule has 220 valence electrons. The van der Waals surface area contributed by atoms with Gasteiger partial charge in [-0.1, -0.05) is 26.8 Å². The van der Waals surface area contributed by atoms with Crippen LogP contribution in [0.3, 0.4) is 0 Å². The Morgan fingerprint density at radius 1 is 0.786 bits per heavy atom. The second-order valence-electron chi connectivity index (χ2n) is 11.0. The van der Waals surface area contributed by atoms with E-state index in [4.69, 9.17) is 9.16 Å². The number of aromatic nitrogens is 2. The largest absolute Gasteiger partial charge is 0.544 e. The Balaban J connectivity index is 1.32. The van der Waals surface area contributed by atoms with Crippen molar-refractivity contribution in [3.8, 4) is 17.4 Å². The molecule has 0 fully saturated rings. The third-order valence-corrected chi connectivity index (χ3v) is 11.1. The van der Waals surface area contributed by atoms with Crippen LogP contribution in [0.25, 0.3) is 0 Å². The van der Waals surface area contributed by atoms with Gasteiger partial charge in [0.2, 0.25) is 14.2 Å². The fraction of sp³-hybridized carbons (Fsp3) is 0.233. The molecule has 12 heteroatoms. The van der Waals surface area contributed by atoms with Crippen molar-refractivity contribution in [1.29, 1.82) is 0 Å². The van der Waals surface area contributed by atoms with Crippen LogP contribution in [0.2, 0.25) is 18.1 Å². The Morgan fingerprint density at radius 2 is 1.40 bits per heavy atom.